The van der Waals surface area contributed by atoms with Crippen LogP contribution in [0.25, 0.3) is 10.9 Å². The van der Waals surface area contributed by atoms with Crippen molar-refractivity contribution in [1.29, 1.82) is 5.26 Å². The Labute approximate surface area is 134 Å². The number of benzene rings is 2. The minimum atomic E-state index is 0.425. The Morgan fingerprint density at radius 2 is 1.74 bits per heavy atom. The van der Waals surface area contributed by atoms with E-state index >= 15 is 0 Å². The van der Waals surface area contributed by atoms with Gasteiger partial charge in [0.15, 0.2) is 0 Å². The number of aryl methyl sites for hydroxylation is 1. The van der Waals surface area contributed by atoms with E-state index < -0.39 is 0 Å². The van der Waals surface area contributed by atoms with Gasteiger partial charge in [0.2, 0.25) is 0 Å². The summed E-state index contributed by atoms with van der Waals surface area (Å²) in [6, 6.07) is 19.0. The third-order valence-electron chi connectivity index (χ3n) is 3.42. The first-order chi connectivity index (χ1) is 11.3. The summed E-state index contributed by atoms with van der Waals surface area (Å²) in [4.78, 5) is 4.54. The lowest BCUT2D eigenvalue weighted by molar-refractivity contribution is 0.218. The highest BCUT2D eigenvalue weighted by molar-refractivity contribution is 5.84. The molecule has 0 aliphatic carbocycles. The minimum Gasteiger partial charge on any atom is -0.490 e. The maximum atomic E-state index is 8.76. The molecule has 0 aliphatic rings. The topological polar surface area (TPSA) is 55.1 Å². The molecular weight excluding hydrogens is 288 g/mol. The highest BCUT2D eigenvalue weighted by Gasteiger charge is 2.04. The molecule has 0 fully saturated rings. The molecule has 0 saturated heterocycles. The number of nitrogens with zero attached hydrogens (tertiary/aromatic N) is 2. The highest BCUT2D eigenvalue weighted by Crippen LogP contribution is 2.23. The van der Waals surface area contributed by atoms with Crippen LogP contribution in [0.4, 0.5) is 0 Å². The number of hydrogen-bond acceptors (Lipinski definition) is 4. The summed E-state index contributed by atoms with van der Waals surface area (Å²) in [5, 5.41) is 9.81. The molecule has 0 atom stereocenters. The fourth-order valence-corrected chi connectivity index (χ4v) is 2.27. The van der Waals surface area contributed by atoms with Crippen LogP contribution in [0.3, 0.4) is 0 Å². The van der Waals surface area contributed by atoms with Crippen LogP contribution < -0.4 is 9.47 Å². The first-order valence-corrected chi connectivity index (χ1v) is 7.38. The van der Waals surface area contributed by atoms with E-state index in [0.29, 0.717) is 18.8 Å². The largest absolute Gasteiger partial charge is 0.490 e. The molecule has 1 heterocycles. The number of hydrogen-bond donors (Lipinski definition) is 0. The Morgan fingerprint density at radius 1 is 0.957 bits per heavy atom. The fourth-order valence-electron chi connectivity index (χ4n) is 2.27. The maximum absolute atomic E-state index is 8.76. The quantitative estimate of drug-likeness (QED) is 0.671. The third-order valence-corrected chi connectivity index (χ3v) is 3.42. The van der Waals surface area contributed by atoms with E-state index in [0.717, 1.165) is 28.1 Å². The number of rotatable bonds is 5. The van der Waals surface area contributed by atoms with Gasteiger partial charge < -0.3 is 9.47 Å². The number of aromatic nitrogens is 1. The summed E-state index contributed by atoms with van der Waals surface area (Å²) in [6.07, 6.45) is 0. The lowest BCUT2D eigenvalue weighted by atomic mass is 10.2. The molecule has 2 aromatic carbocycles. The van der Waals surface area contributed by atoms with Crippen LogP contribution in [0.2, 0.25) is 0 Å². The number of fused-ring (bicyclic) bond motifs is 1. The van der Waals surface area contributed by atoms with Gasteiger partial charge in [0.1, 0.15) is 30.2 Å². The van der Waals surface area contributed by atoms with E-state index in [-0.39, 0.29) is 0 Å². The van der Waals surface area contributed by atoms with Crippen molar-refractivity contribution in [1.82, 2.24) is 4.98 Å². The van der Waals surface area contributed by atoms with Gasteiger partial charge in [-0.15, -0.1) is 0 Å². The maximum Gasteiger partial charge on any atom is 0.145 e. The molecule has 0 saturated carbocycles. The molecule has 23 heavy (non-hydrogen) atoms. The lowest BCUT2D eigenvalue weighted by Crippen LogP contribution is -2.09. The van der Waals surface area contributed by atoms with E-state index in [2.05, 4.69) is 11.1 Å². The van der Waals surface area contributed by atoms with Crippen molar-refractivity contribution in [2.45, 2.75) is 6.92 Å². The van der Waals surface area contributed by atoms with Gasteiger partial charge in [-0.05, 0) is 43.3 Å². The van der Waals surface area contributed by atoms with Crippen molar-refractivity contribution in [2.75, 3.05) is 13.2 Å². The molecule has 0 aliphatic heterocycles. The van der Waals surface area contributed by atoms with Gasteiger partial charge in [-0.1, -0.05) is 18.2 Å². The molecular formula is C19H16N2O2. The normalized spacial score (nSPS) is 10.3. The summed E-state index contributed by atoms with van der Waals surface area (Å²) in [5.41, 5.74) is 2.44. The molecule has 3 aromatic rings. The summed E-state index contributed by atoms with van der Waals surface area (Å²) in [5.74, 6) is 1.48. The Kier molecular flexibility index (Phi) is 4.39. The molecule has 0 amide bonds. The van der Waals surface area contributed by atoms with Crippen LogP contribution in [0.1, 0.15) is 11.3 Å². The van der Waals surface area contributed by atoms with Gasteiger partial charge in [-0.2, -0.15) is 5.26 Å². The SMILES string of the molecule is Cc1ccc2cccc(OCCOc3ccc(C#N)cc3)c2n1. The predicted molar refractivity (Wildman–Crippen MR) is 88.6 cm³/mol. The molecule has 0 N–H and O–H groups in total. The average Bonchev–Trinajstić information content (AvgIpc) is 2.59. The molecule has 0 bridgehead atoms. The van der Waals surface area contributed by atoms with Gasteiger partial charge >= 0.3 is 0 Å². The Balaban J connectivity index is 1.60. The van der Waals surface area contributed by atoms with Gasteiger partial charge in [0.05, 0.1) is 11.6 Å². The van der Waals surface area contributed by atoms with Crippen LogP contribution in [0.15, 0.2) is 54.6 Å². The second-order valence-corrected chi connectivity index (χ2v) is 5.11. The van der Waals surface area contributed by atoms with Crippen LogP contribution in [0, 0.1) is 18.3 Å². The third kappa shape index (κ3) is 3.58. The molecule has 4 nitrogen and oxygen atoms in total. The van der Waals surface area contributed by atoms with E-state index in [4.69, 9.17) is 14.7 Å². The number of nitriles is 1. The van der Waals surface area contributed by atoms with Crippen LogP contribution in [-0.2, 0) is 0 Å². The monoisotopic (exact) mass is 304 g/mol. The van der Waals surface area contributed by atoms with E-state index in [1.54, 1.807) is 24.3 Å². The average molecular weight is 304 g/mol. The smallest absolute Gasteiger partial charge is 0.145 e. The second-order valence-electron chi connectivity index (χ2n) is 5.11. The van der Waals surface area contributed by atoms with Gasteiger partial charge in [-0.25, -0.2) is 4.98 Å². The van der Waals surface area contributed by atoms with Crippen LogP contribution in [0.5, 0.6) is 11.5 Å². The lowest BCUT2D eigenvalue weighted by Gasteiger charge is -2.10. The van der Waals surface area contributed by atoms with E-state index in [1.165, 1.54) is 0 Å². The van der Waals surface area contributed by atoms with Crippen molar-refractivity contribution < 1.29 is 9.47 Å². The van der Waals surface area contributed by atoms with Gasteiger partial charge in [-0.3, -0.25) is 0 Å². The fraction of sp³-hybridized carbons (Fsp3) is 0.158. The Morgan fingerprint density at radius 3 is 2.52 bits per heavy atom. The summed E-state index contributed by atoms with van der Waals surface area (Å²) in [7, 11) is 0. The van der Waals surface area contributed by atoms with Crippen molar-refractivity contribution in [3.8, 4) is 17.6 Å². The number of para-hydroxylation sites is 1. The molecule has 114 valence electrons. The van der Waals surface area contributed by atoms with Crippen molar-refractivity contribution >= 4 is 10.9 Å². The van der Waals surface area contributed by atoms with Gasteiger partial charge in [0, 0.05) is 11.1 Å². The van der Waals surface area contributed by atoms with Gasteiger partial charge in [0.25, 0.3) is 0 Å². The zero-order valence-corrected chi connectivity index (χ0v) is 12.8. The van der Waals surface area contributed by atoms with Crippen molar-refractivity contribution in [3.05, 3.63) is 65.9 Å². The molecule has 3 rings (SSSR count). The minimum absolute atomic E-state index is 0.425. The zero-order valence-electron chi connectivity index (χ0n) is 12.8. The first kappa shape index (κ1) is 14.9. The predicted octanol–water partition coefficient (Wildman–Crippen LogP) is 3.87. The number of ether oxygens (including phenoxy) is 2. The summed E-state index contributed by atoms with van der Waals surface area (Å²) in [6.45, 7) is 2.81. The van der Waals surface area contributed by atoms with Crippen molar-refractivity contribution in [3.63, 3.8) is 0 Å². The number of pyridine rings is 1. The summed E-state index contributed by atoms with van der Waals surface area (Å²) < 4.78 is 11.4. The summed E-state index contributed by atoms with van der Waals surface area (Å²) >= 11 is 0. The van der Waals surface area contributed by atoms with E-state index in [1.807, 2.05) is 37.3 Å². The molecule has 0 spiro atoms. The standard InChI is InChI=1S/C19H16N2O2/c1-14-5-8-16-3-2-4-18(19(16)21-14)23-12-11-22-17-9-6-15(13-20)7-10-17/h2-10H,11-12H2,1H3. The Bertz CT molecular complexity index is 851. The molecule has 4 heteroatoms. The second kappa shape index (κ2) is 6.80. The molecule has 0 unspecified atom stereocenters. The first-order valence-electron chi connectivity index (χ1n) is 7.38. The van der Waals surface area contributed by atoms with Crippen molar-refractivity contribution in [2.24, 2.45) is 0 Å². The molecule has 1 aromatic heterocycles. The van der Waals surface area contributed by atoms with E-state index in [9.17, 15) is 0 Å². The zero-order chi connectivity index (χ0) is 16.1. The van der Waals surface area contributed by atoms with Crippen LogP contribution >= 0.6 is 0 Å². The molecule has 0 radical (unpaired) electrons. The Hall–Kier alpha value is -3.06. The van der Waals surface area contributed by atoms with Crippen LogP contribution in [-0.4, -0.2) is 18.2 Å². The highest BCUT2D eigenvalue weighted by atomic mass is 16.5.